The Morgan fingerprint density at radius 1 is 1.06 bits per heavy atom. The van der Waals surface area contributed by atoms with E-state index in [9.17, 15) is 29.1 Å². The lowest BCUT2D eigenvalue weighted by Gasteiger charge is -2.22. The maximum absolute atomic E-state index is 13.0. The minimum absolute atomic E-state index is 0.0689. The molecule has 1 heterocycles. The van der Waals surface area contributed by atoms with Crippen molar-refractivity contribution in [2.45, 2.75) is 57.7 Å². The lowest BCUT2D eigenvalue weighted by molar-refractivity contribution is -0.143. The van der Waals surface area contributed by atoms with Gasteiger partial charge in [0.1, 0.15) is 12.1 Å². The molecule has 0 saturated heterocycles. The zero-order valence-corrected chi connectivity index (χ0v) is 20.2. The Morgan fingerprint density at radius 3 is 2.39 bits per heavy atom. The molecule has 0 radical (unpaired) electrons. The van der Waals surface area contributed by atoms with Crippen molar-refractivity contribution in [2.24, 2.45) is 11.7 Å². The zero-order chi connectivity index (χ0) is 26.8. The number of rotatable bonds is 14. The summed E-state index contributed by atoms with van der Waals surface area (Å²) in [5, 5.41) is 26.4. The Labute approximate surface area is 208 Å². The minimum atomic E-state index is -1.18. The van der Waals surface area contributed by atoms with Crippen LogP contribution in [0.1, 0.15) is 38.7 Å². The molecular weight excluding hydrogens is 470 g/mol. The molecule has 12 nitrogen and oxygen atoms in total. The van der Waals surface area contributed by atoms with Crippen LogP contribution in [0.5, 0.6) is 0 Å². The summed E-state index contributed by atoms with van der Waals surface area (Å²) < 4.78 is 0. The fraction of sp³-hybridized carbons (Fsp3) is 0.458. The summed E-state index contributed by atoms with van der Waals surface area (Å²) in [4.78, 5) is 63.2. The van der Waals surface area contributed by atoms with Gasteiger partial charge in [-0.25, -0.2) is 4.79 Å². The molecule has 4 atom stereocenters. The topological polar surface area (TPSA) is 204 Å². The summed E-state index contributed by atoms with van der Waals surface area (Å²) in [7, 11) is 0. The number of hydrogen-bond acceptors (Lipinski definition) is 6. The van der Waals surface area contributed by atoms with Crippen molar-refractivity contribution in [3.8, 4) is 0 Å². The van der Waals surface area contributed by atoms with Gasteiger partial charge in [-0.3, -0.25) is 19.2 Å². The number of nitrogens with two attached hydrogens (primary N) is 1. The van der Waals surface area contributed by atoms with E-state index >= 15 is 0 Å². The van der Waals surface area contributed by atoms with Crippen LogP contribution in [0.4, 0.5) is 0 Å². The second kappa shape index (κ2) is 13.2. The number of aromatic nitrogens is 1. The Hall–Kier alpha value is -3.93. The van der Waals surface area contributed by atoms with Crippen molar-refractivity contribution < 1.29 is 34.2 Å². The summed E-state index contributed by atoms with van der Waals surface area (Å²) in [5.41, 5.74) is 7.36. The SMILES string of the molecule is CCC(C)C(NC(=O)CNC(=O)C(Cc1c[nH]c2ccccc12)NC(=O)C(N)CCC(=O)O)C(=O)O. The summed E-state index contributed by atoms with van der Waals surface area (Å²) in [6, 6.07) is 4.02. The number of carbonyl (C=O) groups excluding carboxylic acids is 3. The molecule has 8 N–H and O–H groups in total. The van der Waals surface area contributed by atoms with Crippen LogP contribution < -0.4 is 21.7 Å². The summed E-state index contributed by atoms with van der Waals surface area (Å²) >= 11 is 0. The van der Waals surface area contributed by atoms with Crippen molar-refractivity contribution in [1.82, 2.24) is 20.9 Å². The zero-order valence-electron chi connectivity index (χ0n) is 20.2. The maximum Gasteiger partial charge on any atom is 0.326 e. The summed E-state index contributed by atoms with van der Waals surface area (Å²) in [5.74, 6) is -4.67. The number of hydrogen-bond donors (Lipinski definition) is 7. The first kappa shape index (κ1) is 28.3. The van der Waals surface area contributed by atoms with Gasteiger partial charge >= 0.3 is 11.9 Å². The second-order valence-electron chi connectivity index (χ2n) is 8.65. The molecule has 0 aliphatic rings. The van der Waals surface area contributed by atoms with Gasteiger partial charge in [0.2, 0.25) is 17.7 Å². The molecule has 0 aliphatic carbocycles. The number of carboxylic acid groups (broad SMARTS) is 2. The predicted octanol–water partition coefficient (Wildman–Crippen LogP) is 0.119. The highest BCUT2D eigenvalue weighted by Gasteiger charge is 2.28. The highest BCUT2D eigenvalue weighted by molar-refractivity contribution is 5.93. The van der Waals surface area contributed by atoms with Crippen molar-refractivity contribution in [3.63, 3.8) is 0 Å². The minimum Gasteiger partial charge on any atom is -0.481 e. The number of carboxylic acids is 2. The molecule has 36 heavy (non-hydrogen) atoms. The summed E-state index contributed by atoms with van der Waals surface area (Å²) in [6.07, 6.45) is 1.88. The molecule has 196 valence electrons. The van der Waals surface area contributed by atoms with Gasteiger partial charge in [-0.2, -0.15) is 0 Å². The van der Waals surface area contributed by atoms with Crippen LogP contribution in [0.2, 0.25) is 0 Å². The fourth-order valence-electron chi connectivity index (χ4n) is 3.62. The van der Waals surface area contributed by atoms with Crippen LogP contribution in [-0.2, 0) is 30.4 Å². The highest BCUT2D eigenvalue weighted by atomic mass is 16.4. The van der Waals surface area contributed by atoms with Gasteiger partial charge in [0.25, 0.3) is 0 Å². The lowest BCUT2D eigenvalue weighted by Crippen LogP contribution is -2.54. The quantitative estimate of drug-likeness (QED) is 0.188. The van der Waals surface area contributed by atoms with Crippen LogP contribution in [0.15, 0.2) is 30.5 Å². The Kier molecular flexibility index (Phi) is 10.4. The van der Waals surface area contributed by atoms with Crippen LogP contribution in [0.3, 0.4) is 0 Å². The molecule has 1 aromatic heterocycles. The lowest BCUT2D eigenvalue weighted by atomic mass is 9.99. The van der Waals surface area contributed by atoms with Gasteiger partial charge in [0.05, 0.1) is 12.6 Å². The number of fused-ring (bicyclic) bond motifs is 1. The molecule has 1 aromatic carbocycles. The highest BCUT2D eigenvalue weighted by Crippen LogP contribution is 2.19. The van der Waals surface area contributed by atoms with E-state index in [1.54, 1.807) is 20.0 Å². The number of aliphatic carboxylic acids is 2. The largest absolute Gasteiger partial charge is 0.481 e. The average molecular weight is 504 g/mol. The molecule has 2 aromatic rings. The molecule has 0 fully saturated rings. The van der Waals surface area contributed by atoms with Crippen molar-refractivity contribution in [3.05, 3.63) is 36.0 Å². The van der Waals surface area contributed by atoms with Gasteiger partial charge in [-0.1, -0.05) is 38.5 Å². The second-order valence-corrected chi connectivity index (χ2v) is 8.65. The maximum atomic E-state index is 13.0. The molecule has 3 amide bonds. The van der Waals surface area contributed by atoms with E-state index in [0.717, 1.165) is 16.5 Å². The van der Waals surface area contributed by atoms with Gasteiger partial charge in [0, 0.05) is 29.9 Å². The van der Waals surface area contributed by atoms with E-state index in [1.807, 2.05) is 24.3 Å². The van der Waals surface area contributed by atoms with E-state index in [0.29, 0.717) is 6.42 Å². The number of carbonyl (C=O) groups is 5. The summed E-state index contributed by atoms with van der Waals surface area (Å²) in [6.45, 7) is 3.00. The first-order chi connectivity index (χ1) is 17.0. The standard InChI is InChI=1S/C24H33N5O7/c1-3-13(2)21(24(35)36)29-19(30)12-27-23(34)18(28-22(33)16(25)8-9-20(31)32)10-14-11-26-17-7-5-4-6-15(14)17/h4-7,11,13,16,18,21,26H,3,8-10,12,25H2,1-2H3,(H,27,34)(H,28,33)(H,29,30)(H,31,32)(H,35,36). The van der Waals surface area contributed by atoms with E-state index in [-0.39, 0.29) is 25.2 Å². The van der Waals surface area contributed by atoms with Crippen LogP contribution in [0, 0.1) is 5.92 Å². The predicted molar refractivity (Wildman–Crippen MR) is 131 cm³/mol. The molecule has 2 rings (SSSR count). The van der Waals surface area contributed by atoms with Crippen molar-refractivity contribution in [1.29, 1.82) is 0 Å². The number of benzene rings is 1. The Morgan fingerprint density at radius 2 is 1.75 bits per heavy atom. The van der Waals surface area contributed by atoms with E-state index < -0.39 is 54.3 Å². The molecule has 0 aliphatic heterocycles. The third kappa shape index (κ3) is 8.08. The Bertz CT molecular complexity index is 1100. The van der Waals surface area contributed by atoms with Crippen LogP contribution in [-0.4, -0.2) is 69.5 Å². The normalized spacial score (nSPS) is 14.3. The number of amides is 3. The molecule has 4 unspecified atom stereocenters. The number of H-pyrrole nitrogens is 1. The van der Waals surface area contributed by atoms with Gasteiger partial charge < -0.3 is 36.9 Å². The molecule has 0 saturated carbocycles. The number of aromatic amines is 1. The first-order valence-electron chi connectivity index (χ1n) is 11.7. The van der Waals surface area contributed by atoms with E-state index in [1.165, 1.54) is 0 Å². The average Bonchev–Trinajstić information content (AvgIpc) is 3.25. The molecule has 12 heteroatoms. The fourth-order valence-corrected chi connectivity index (χ4v) is 3.62. The van der Waals surface area contributed by atoms with E-state index in [2.05, 4.69) is 20.9 Å². The van der Waals surface area contributed by atoms with E-state index in [4.69, 9.17) is 10.8 Å². The van der Waals surface area contributed by atoms with Crippen molar-refractivity contribution >= 4 is 40.6 Å². The molecule has 0 bridgehead atoms. The Balaban J connectivity index is 2.12. The van der Waals surface area contributed by atoms with Crippen LogP contribution >= 0.6 is 0 Å². The smallest absolute Gasteiger partial charge is 0.326 e. The third-order valence-electron chi connectivity index (χ3n) is 5.96. The van der Waals surface area contributed by atoms with Crippen LogP contribution in [0.25, 0.3) is 10.9 Å². The molecular formula is C24H33N5O7. The number of para-hydroxylation sites is 1. The number of nitrogens with one attached hydrogen (secondary N) is 4. The van der Waals surface area contributed by atoms with Crippen molar-refractivity contribution in [2.75, 3.05) is 6.54 Å². The van der Waals surface area contributed by atoms with Gasteiger partial charge in [0.15, 0.2) is 0 Å². The van der Waals surface area contributed by atoms with Gasteiger partial charge in [-0.05, 0) is 24.0 Å². The monoisotopic (exact) mass is 503 g/mol. The van der Waals surface area contributed by atoms with Gasteiger partial charge in [-0.15, -0.1) is 0 Å². The first-order valence-corrected chi connectivity index (χ1v) is 11.7. The molecule has 0 spiro atoms. The third-order valence-corrected chi connectivity index (χ3v) is 5.96.